The molecule has 0 bridgehead atoms. The molecule has 0 saturated carbocycles. The van der Waals surface area contributed by atoms with Gasteiger partial charge >= 0.3 is 6.09 Å². The summed E-state index contributed by atoms with van der Waals surface area (Å²) in [6.07, 6.45) is 0.720. The summed E-state index contributed by atoms with van der Waals surface area (Å²) in [6.45, 7) is 9.38. The first-order chi connectivity index (χ1) is 7.26. The first-order valence-corrected chi connectivity index (χ1v) is 5.81. The van der Waals surface area contributed by atoms with Crippen LogP contribution in [0, 0.1) is 5.92 Å². The van der Waals surface area contributed by atoms with Gasteiger partial charge in [0.25, 0.3) is 0 Å². The van der Waals surface area contributed by atoms with Crippen molar-refractivity contribution in [1.29, 1.82) is 0 Å². The van der Waals surface area contributed by atoms with Gasteiger partial charge in [-0.05, 0) is 33.1 Å². The van der Waals surface area contributed by atoms with Crippen LogP contribution in [-0.2, 0) is 9.53 Å². The Morgan fingerprint density at radius 2 is 2.06 bits per heavy atom. The third-order valence-corrected chi connectivity index (χ3v) is 2.76. The molecule has 1 saturated heterocycles. The van der Waals surface area contributed by atoms with Gasteiger partial charge in [-0.15, -0.1) is 0 Å². The van der Waals surface area contributed by atoms with Crippen molar-refractivity contribution >= 4 is 12.0 Å². The molecule has 92 valence electrons. The van der Waals surface area contributed by atoms with Crippen molar-refractivity contribution in [2.75, 3.05) is 0 Å². The number of imide groups is 1. The zero-order valence-electron chi connectivity index (χ0n) is 10.7. The average Bonchev–Trinajstić information content (AvgIpc) is 2.37. The van der Waals surface area contributed by atoms with E-state index in [2.05, 4.69) is 0 Å². The number of rotatable bonds is 1. The molecule has 0 aromatic heterocycles. The van der Waals surface area contributed by atoms with Crippen LogP contribution in [-0.4, -0.2) is 28.5 Å². The summed E-state index contributed by atoms with van der Waals surface area (Å²) in [5.41, 5.74) is -0.554. The standard InChI is InChI=1S/C12H21NO3/c1-6-9-8(2)7-10(14)13(9)11(15)16-12(3,4)5/h8-9H,6-7H2,1-5H3/t8-,9-/m1/s1. The number of amides is 2. The van der Waals surface area contributed by atoms with Gasteiger partial charge in [0, 0.05) is 12.5 Å². The zero-order chi connectivity index (χ0) is 12.5. The van der Waals surface area contributed by atoms with Gasteiger partial charge in [-0.2, -0.15) is 0 Å². The Morgan fingerprint density at radius 1 is 1.50 bits per heavy atom. The third kappa shape index (κ3) is 2.74. The quantitative estimate of drug-likeness (QED) is 0.691. The van der Waals surface area contributed by atoms with Crippen LogP contribution in [0.2, 0.25) is 0 Å². The van der Waals surface area contributed by atoms with Crippen LogP contribution in [0.25, 0.3) is 0 Å². The molecule has 0 aromatic rings. The van der Waals surface area contributed by atoms with Gasteiger partial charge in [-0.1, -0.05) is 13.8 Å². The molecule has 4 nitrogen and oxygen atoms in total. The first kappa shape index (κ1) is 13.0. The second-order valence-electron chi connectivity index (χ2n) is 5.40. The molecule has 0 spiro atoms. The van der Waals surface area contributed by atoms with E-state index in [4.69, 9.17) is 4.74 Å². The van der Waals surface area contributed by atoms with E-state index < -0.39 is 11.7 Å². The summed E-state index contributed by atoms with van der Waals surface area (Å²) in [6, 6.07) is -0.0117. The minimum atomic E-state index is -0.554. The second kappa shape index (κ2) is 4.44. The van der Waals surface area contributed by atoms with Crippen molar-refractivity contribution < 1.29 is 14.3 Å². The van der Waals surface area contributed by atoms with Crippen molar-refractivity contribution in [3.8, 4) is 0 Å². The molecule has 1 aliphatic rings. The molecule has 0 aliphatic carbocycles. The van der Waals surface area contributed by atoms with Crippen molar-refractivity contribution in [3.63, 3.8) is 0 Å². The smallest absolute Gasteiger partial charge is 0.417 e. The Labute approximate surface area is 96.9 Å². The monoisotopic (exact) mass is 227 g/mol. The molecular formula is C12H21NO3. The summed E-state index contributed by atoms with van der Waals surface area (Å²) in [4.78, 5) is 24.9. The van der Waals surface area contributed by atoms with E-state index in [9.17, 15) is 9.59 Å². The molecule has 0 radical (unpaired) electrons. The highest BCUT2D eigenvalue weighted by atomic mass is 16.6. The largest absolute Gasteiger partial charge is 0.443 e. The maximum atomic E-state index is 11.9. The van der Waals surface area contributed by atoms with Gasteiger partial charge in [0.1, 0.15) is 5.60 Å². The van der Waals surface area contributed by atoms with Crippen LogP contribution in [0.15, 0.2) is 0 Å². The topological polar surface area (TPSA) is 46.6 Å². The lowest BCUT2D eigenvalue weighted by molar-refractivity contribution is -0.128. The Morgan fingerprint density at radius 3 is 2.50 bits per heavy atom. The Balaban J connectivity index is 2.78. The summed E-state index contributed by atoms with van der Waals surface area (Å²) in [5, 5.41) is 0. The van der Waals surface area contributed by atoms with E-state index in [0.717, 1.165) is 6.42 Å². The average molecular weight is 227 g/mol. The van der Waals surface area contributed by atoms with Crippen molar-refractivity contribution in [2.24, 2.45) is 5.92 Å². The van der Waals surface area contributed by atoms with E-state index in [1.54, 1.807) is 20.8 Å². The molecule has 0 aromatic carbocycles. The molecule has 2 atom stereocenters. The predicted octanol–water partition coefficient (Wildman–Crippen LogP) is 2.57. The van der Waals surface area contributed by atoms with Gasteiger partial charge < -0.3 is 4.74 Å². The Kier molecular flexibility index (Phi) is 3.61. The van der Waals surface area contributed by atoms with Gasteiger partial charge in [0.15, 0.2) is 0 Å². The fraction of sp³-hybridized carbons (Fsp3) is 0.833. The molecule has 0 unspecified atom stereocenters. The highest BCUT2D eigenvalue weighted by Gasteiger charge is 2.41. The molecule has 1 heterocycles. The Bertz CT molecular complexity index is 293. The first-order valence-electron chi connectivity index (χ1n) is 5.81. The molecule has 1 aliphatic heterocycles. The normalized spacial score (nSPS) is 26.1. The fourth-order valence-electron chi connectivity index (χ4n) is 2.08. The van der Waals surface area contributed by atoms with E-state index in [1.165, 1.54) is 4.90 Å². The van der Waals surface area contributed by atoms with E-state index in [-0.39, 0.29) is 17.9 Å². The Hall–Kier alpha value is -1.06. The number of likely N-dealkylation sites (tertiary alicyclic amines) is 1. The van der Waals surface area contributed by atoms with E-state index in [1.807, 2.05) is 13.8 Å². The van der Waals surface area contributed by atoms with Crippen LogP contribution in [0.3, 0.4) is 0 Å². The maximum absolute atomic E-state index is 11.9. The summed E-state index contributed by atoms with van der Waals surface area (Å²) >= 11 is 0. The lowest BCUT2D eigenvalue weighted by atomic mass is 10.0. The number of carbonyl (C=O) groups excluding carboxylic acids is 2. The minimum Gasteiger partial charge on any atom is -0.443 e. The number of hydrogen-bond acceptors (Lipinski definition) is 3. The molecule has 0 N–H and O–H groups in total. The maximum Gasteiger partial charge on any atom is 0.417 e. The van der Waals surface area contributed by atoms with Gasteiger partial charge in [0.2, 0.25) is 5.91 Å². The highest BCUT2D eigenvalue weighted by molar-refractivity contribution is 5.94. The minimum absolute atomic E-state index is 0.0117. The molecule has 1 rings (SSSR count). The lowest BCUT2D eigenvalue weighted by Crippen LogP contribution is -2.42. The molecule has 16 heavy (non-hydrogen) atoms. The fourth-order valence-corrected chi connectivity index (χ4v) is 2.08. The highest BCUT2D eigenvalue weighted by Crippen LogP contribution is 2.28. The van der Waals surface area contributed by atoms with Crippen LogP contribution in [0.4, 0.5) is 4.79 Å². The van der Waals surface area contributed by atoms with Crippen LogP contribution >= 0.6 is 0 Å². The zero-order valence-corrected chi connectivity index (χ0v) is 10.7. The number of carbonyl (C=O) groups is 2. The van der Waals surface area contributed by atoms with Gasteiger partial charge in [-0.25, -0.2) is 9.69 Å². The predicted molar refractivity (Wildman–Crippen MR) is 60.9 cm³/mol. The molecule has 2 amide bonds. The second-order valence-corrected chi connectivity index (χ2v) is 5.40. The van der Waals surface area contributed by atoms with Crippen LogP contribution in [0.1, 0.15) is 47.5 Å². The third-order valence-electron chi connectivity index (χ3n) is 2.76. The SMILES string of the molecule is CC[C@@H]1[C@H](C)CC(=O)N1C(=O)OC(C)(C)C. The van der Waals surface area contributed by atoms with E-state index >= 15 is 0 Å². The summed E-state index contributed by atoms with van der Waals surface area (Å²) < 4.78 is 5.24. The number of nitrogens with zero attached hydrogens (tertiary/aromatic N) is 1. The van der Waals surface area contributed by atoms with E-state index in [0.29, 0.717) is 6.42 Å². The van der Waals surface area contributed by atoms with Crippen molar-refractivity contribution in [3.05, 3.63) is 0 Å². The van der Waals surface area contributed by atoms with Crippen LogP contribution < -0.4 is 0 Å². The van der Waals surface area contributed by atoms with Gasteiger partial charge in [0.05, 0.1) is 0 Å². The molecular weight excluding hydrogens is 206 g/mol. The summed E-state index contributed by atoms with van der Waals surface area (Å²) in [7, 11) is 0. The van der Waals surface area contributed by atoms with Gasteiger partial charge in [-0.3, -0.25) is 4.79 Å². The van der Waals surface area contributed by atoms with Crippen molar-refractivity contribution in [1.82, 2.24) is 4.90 Å². The summed E-state index contributed by atoms with van der Waals surface area (Å²) in [5.74, 6) is 0.110. The number of hydrogen-bond donors (Lipinski definition) is 0. The van der Waals surface area contributed by atoms with Crippen LogP contribution in [0.5, 0.6) is 0 Å². The van der Waals surface area contributed by atoms with Crippen molar-refractivity contribution in [2.45, 2.75) is 59.1 Å². The molecule has 1 fully saturated rings. The number of ether oxygens (including phenoxy) is 1. The lowest BCUT2D eigenvalue weighted by Gasteiger charge is -2.27. The molecule has 4 heteroatoms.